The fraction of sp³-hybridized carbons (Fsp3) is 0.562. The molecule has 0 saturated heterocycles. The molecular weight excluding hydrogens is 309 g/mol. The molecule has 0 spiro atoms. The van der Waals surface area contributed by atoms with Gasteiger partial charge in [-0.25, -0.2) is 0 Å². The smallest absolute Gasteiger partial charge is 0.174 e. The lowest BCUT2D eigenvalue weighted by molar-refractivity contribution is 0.0828. The zero-order valence-corrected chi connectivity index (χ0v) is 14.4. The van der Waals surface area contributed by atoms with Crippen molar-refractivity contribution in [2.24, 2.45) is 5.92 Å². The summed E-state index contributed by atoms with van der Waals surface area (Å²) in [7, 11) is 0. The third-order valence-electron chi connectivity index (χ3n) is 3.81. The molecular formula is C16H23Cl2NO2. The van der Waals surface area contributed by atoms with E-state index in [4.69, 9.17) is 16.3 Å². The summed E-state index contributed by atoms with van der Waals surface area (Å²) in [5, 5.41) is 3.97. The van der Waals surface area contributed by atoms with E-state index in [-0.39, 0.29) is 24.1 Å². The van der Waals surface area contributed by atoms with E-state index < -0.39 is 0 Å². The minimum absolute atomic E-state index is 0. The van der Waals surface area contributed by atoms with Crippen LogP contribution in [0.1, 0.15) is 41.3 Å². The van der Waals surface area contributed by atoms with Gasteiger partial charge in [-0.05, 0) is 44.0 Å². The minimum Gasteiger partial charge on any atom is -0.492 e. The van der Waals surface area contributed by atoms with Crippen LogP contribution in [0.25, 0.3) is 0 Å². The Balaban J connectivity index is 0.00000220. The summed E-state index contributed by atoms with van der Waals surface area (Å²) in [6.45, 7) is 8.03. The predicted octanol–water partition coefficient (Wildman–Crippen LogP) is 3.96. The fourth-order valence-electron chi connectivity index (χ4n) is 2.53. The van der Waals surface area contributed by atoms with Gasteiger partial charge < -0.3 is 10.1 Å². The number of carbonyl (C=O) groups excluding carboxylic acids is 1. The average molecular weight is 332 g/mol. The first kappa shape index (κ1) is 18.3. The molecule has 1 aromatic carbocycles. The van der Waals surface area contributed by atoms with E-state index in [0.29, 0.717) is 29.5 Å². The van der Waals surface area contributed by atoms with E-state index in [9.17, 15) is 4.79 Å². The van der Waals surface area contributed by atoms with Crippen molar-refractivity contribution in [2.45, 2.75) is 33.6 Å². The first-order chi connectivity index (χ1) is 9.56. The quantitative estimate of drug-likeness (QED) is 0.830. The normalized spacial score (nSPS) is 17.0. The maximum Gasteiger partial charge on any atom is 0.174 e. The van der Waals surface area contributed by atoms with Crippen LogP contribution in [0, 0.1) is 19.8 Å². The maximum atomic E-state index is 12.6. The van der Waals surface area contributed by atoms with Crippen molar-refractivity contribution in [1.82, 2.24) is 5.32 Å². The maximum absolute atomic E-state index is 12.6. The Bertz CT molecular complexity index is 517. The van der Waals surface area contributed by atoms with Crippen molar-refractivity contribution in [3.8, 4) is 5.75 Å². The van der Waals surface area contributed by atoms with Gasteiger partial charge in [-0.1, -0.05) is 24.9 Å². The van der Waals surface area contributed by atoms with E-state index >= 15 is 0 Å². The number of ether oxygens (including phenoxy) is 1. The summed E-state index contributed by atoms with van der Waals surface area (Å²) in [6, 6.07) is 1.86. The molecule has 0 radical (unpaired) electrons. The third kappa shape index (κ3) is 3.91. The largest absolute Gasteiger partial charge is 0.492 e. The van der Waals surface area contributed by atoms with Gasteiger partial charge in [0.05, 0.1) is 18.1 Å². The SMILES string of the molecule is CCCCNCC1COc2c(C)cc(Cl)c(C)c2C1=O.Cl. The Morgan fingerprint density at radius 3 is 2.81 bits per heavy atom. The van der Waals surface area contributed by atoms with Crippen molar-refractivity contribution in [1.29, 1.82) is 0 Å². The number of ketones is 1. The van der Waals surface area contributed by atoms with Crippen molar-refractivity contribution >= 4 is 29.8 Å². The molecule has 0 saturated carbocycles. The molecule has 5 heteroatoms. The highest BCUT2D eigenvalue weighted by Gasteiger charge is 2.31. The van der Waals surface area contributed by atoms with E-state index in [1.54, 1.807) is 0 Å². The molecule has 0 amide bonds. The highest BCUT2D eigenvalue weighted by molar-refractivity contribution is 6.32. The number of Topliss-reactive ketones (excluding diaryl/α,β-unsaturated/α-hetero) is 1. The number of hydrogen-bond acceptors (Lipinski definition) is 3. The van der Waals surface area contributed by atoms with Gasteiger partial charge in [0.15, 0.2) is 5.78 Å². The van der Waals surface area contributed by atoms with E-state index in [0.717, 1.165) is 30.5 Å². The number of aryl methyl sites for hydroxylation is 1. The molecule has 1 N–H and O–H groups in total. The van der Waals surface area contributed by atoms with E-state index in [1.165, 1.54) is 0 Å². The van der Waals surface area contributed by atoms with Crippen LogP contribution in [0.2, 0.25) is 5.02 Å². The van der Waals surface area contributed by atoms with Crippen LogP contribution >= 0.6 is 24.0 Å². The summed E-state index contributed by atoms with van der Waals surface area (Å²) in [4.78, 5) is 12.6. The van der Waals surface area contributed by atoms with E-state index in [2.05, 4.69) is 12.2 Å². The summed E-state index contributed by atoms with van der Waals surface area (Å²) >= 11 is 6.19. The minimum atomic E-state index is -0.115. The second-order valence-corrected chi connectivity index (χ2v) is 5.84. The lowest BCUT2D eigenvalue weighted by Crippen LogP contribution is -2.37. The summed E-state index contributed by atoms with van der Waals surface area (Å²) in [6.07, 6.45) is 2.28. The number of fused-ring (bicyclic) bond motifs is 1. The lowest BCUT2D eigenvalue weighted by atomic mass is 9.90. The van der Waals surface area contributed by atoms with Crippen LogP contribution in [-0.4, -0.2) is 25.5 Å². The highest BCUT2D eigenvalue weighted by Crippen LogP contribution is 2.36. The molecule has 3 nitrogen and oxygen atoms in total. The monoisotopic (exact) mass is 331 g/mol. The molecule has 1 heterocycles. The van der Waals surface area contributed by atoms with E-state index in [1.807, 2.05) is 19.9 Å². The fourth-order valence-corrected chi connectivity index (χ4v) is 2.79. The van der Waals surface area contributed by atoms with Gasteiger partial charge in [0.1, 0.15) is 5.75 Å². The van der Waals surface area contributed by atoms with Crippen LogP contribution in [0.5, 0.6) is 5.75 Å². The van der Waals surface area contributed by atoms with Crippen molar-refractivity contribution in [3.05, 3.63) is 27.8 Å². The number of halogens is 2. The van der Waals surface area contributed by atoms with Gasteiger partial charge in [-0.15, -0.1) is 12.4 Å². The summed E-state index contributed by atoms with van der Waals surface area (Å²) < 4.78 is 5.81. The number of carbonyl (C=O) groups is 1. The first-order valence-corrected chi connectivity index (χ1v) is 7.61. The standard InChI is InChI=1S/C16H22ClNO2.ClH/c1-4-5-6-18-8-12-9-20-16-10(2)7-13(17)11(3)14(16)15(12)19;/h7,12,18H,4-6,8-9H2,1-3H3;1H. The molecule has 0 fully saturated rings. The second kappa shape index (κ2) is 8.02. The highest BCUT2D eigenvalue weighted by atomic mass is 35.5. The Morgan fingerprint density at radius 1 is 1.43 bits per heavy atom. The zero-order valence-electron chi connectivity index (χ0n) is 12.8. The second-order valence-electron chi connectivity index (χ2n) is 5.43. The molecule has 1 aromatic rings. The Labute approximate surface area is 137 Å². The predicted molar refractivity (Wildman–Crippen MR) is 89.3 cm³/mol. The van der Waals surface area contributed by atoms with Crippen LogP contribution in [0.3, 0.4) is 0 Å². The number of nitrogens with one attached hydrogen (secondary N) is 1. The van der Waals surface area contributed by atoms with Crippen LogP contribution in [-0.2, 0) is 0 Å². The molecule has 21 heavy (non-hydrogen) atoms. The molecule has 0 aromatic heterocycles. The van der Waals surface area contributed by atoms with Crippen molar-refractivity contribution < 1.29 is 9.53 Å². The van der Waals surface area contributed by atoms with Crippen LogP contribution in [0.4, 0.5) is 0 Å². The third-order valence-corrected chi connectivity index (χ3v) is 4.20. The number of unbranched alkanes of at least 4 members (excludes halogenated alkanes) is 1. The van der Waals surface area contributed by atoms with Gasteiger partial charge in [0.25, 0.3) is 0 Å². The molecule has 0 aliphatic carbocycles. The molecule has 1 unspecified atom stereocenters. The molecule has 1 aliphatic heterocycles. The lowest BCUT2D eigenvalue weighted by Gasteiger charge is -2.27. The van der Waals surface area contributed by atoms with Crippen LogP contribution < -0.4 is 10.1 Å². The summed E-state index contributed by atoms with van der Waals surface area (Å²) in [5.41, 5.74) is 2.43. The Morgan fingerprint density at radius 2 is 2.14 bits per heavy atom. The van der Waals surface area contributed by atoms with Crippen molar-refractivity contribution in [2.75, 3.05) is 19.7 Å². The zero-order chi connectivity index (χ0) is 14.7. The number of rotatable bonds is 5. The van der Waals surface area contributed by atoms with Gasteiger partial charge in [-0.2, -0.15) is 0 Å². The average Bonchev–Trinajstić information content (AvgIpc) is 2.42. The molecule has 1 aliphatic rings. The van der Waals surface area contributed by atoms with Gasteiger partial charge in [0, 0.05) is 11.6 Å². The molecule has 1 atom stereocenters. The van der Waals surface area contributed by atoms with Crippen LogP contribution in [0.15, 0.2) is 6.07 Å². The van der Waals surface area contributed by atoms with Gasteiger partial charge >= 0.3 is 0 Å². The van der Waals surface area contributed by atoms with Gasteiger partial charge in [-0.3, -0.25) is 4.79 Å². The Hall–Kier alpha value is -0.770. The molecule has 0 bridgehead atoms. The Kier molecular flexibility index (Phi) is 6.98. The topological polar surface area (TPSA) is 38.3 Å². The molecule has 118 valence electrons. The van der Waals surface area contributed by atoms with Crippen molar-refractivity contribution in [3.63, 3.8) is 0 Å². The summed E-state index contributed by atoms with van der Waals surface area (Å²) in [5.74, 6) is 0.746. The number of hydrogen-bond donors (Lipinski definition) is 1. The molecule has 2 rings (SSSR count). The van der Waals surface area contributed by atoms with Gasteiger partial charge in [0.2, 0.25) is 0 Å². The number of benzene rings is 1. The first-order valence-electron chi connectivity index (χ1n) is 7.23.